The molecular weight excluding hydrogens is 248 g/mol. The second kappa shape index (κ2) is 7.29. The van der Waals surface area contributed by atoms with E-state index in [0.717, 1.165) is 42.9 Å². The van der Waals surface area contributed by atoms with Crippen molar-refractivity contribution in [1.82, 2.24) is 4.90 Å². The highest BCUT2D eigenvalue weighted by atomic mass is 15.2. The van der Waals surface area contributed by atoms with E-state index < -0.39 is 0 Å². The number of hydrogen-bond donors (Lipinski definition) is 3. The second-order valence-corrected chi connectivity index (χ2v) is 5.41. The summed E-state index contributed by atoms with van der Waals surface area (Å²) in [5.74, 6) is 0.645. The Balaban J connectivity index is 2.21. The number of piperidine rings is 1. The van der Waals surface area contributed by atoms with Crippen molar-refractivity contribution < 1.29 is 0 Å². The van der Waals surface area contributed by atoms with Gasteiger partial charge in [-0.25, -0.2) is 0 Å². The maximum atomic E-state index is 8.48. The van der Waals surface area contributed by atoms with Crippen LogP contribution in [0.25, 0.3) is 0 Å². The van der Waals surface area contributed by atoms with Gasteiger partial charge in [-0.05, 0) is 43.4 Å². The van der Waals surface area contributed by atoms with E-state index in [1.807, 2.05) is 12.1 Å². The van der Waals surface area contributed by atoms with Crippen LogP contribution < -0.4 is 11.1 Å². The van der Waals surface area contributed by atoms with Gasteiger partial charge in [0.1, 0.15) is 5.84 Å². The fourth-order valence-corrected chi connectivity index (χ4v) is 2.62. The summed E-state index contributed by atoms with van der Waals surface area (Å²) in [5.41, 5.74) is 8.88. The maximum absolute atomic E-state index is 8.48. The predicted molar refractivity (Wildman–Crippen MR) is 85.4 cm³/mol. The molecule has 20 heavy (non-hydrogen) atoms. The summed E-state index contributed by atoms with van der Waals surface area (Å²) in [6.07, 6.45) is 4.75. The van der Waals surface area contributed by atoms with Crippen molar-refractivity contribution in [3.8, 4) is 0 Å². The van der Waals surface area contributed by atoms with Crippen LogP contribution in [0.2, 0.25) is 0 Å². The number of nitrogens with zero attached hydrogens (tertiary/aromatic N) is 1. The van der Waals surface area contributed by atoms with E-state index in [4.69, 9.17) is 11.1 Å². The quantitative estimate of drug-likeness (QED) is 0.571. The molecule has 0 aromatic heterocycles. The number of nitrogens with two attached hydrogens (primary N) is 1. The molecule has 1 aromatic rings. The normalized spacial score (nSPS) is 15.2. The summed E-state index contributed by atoms with van der Waals surface area (Å²) in [6, 6.07) is 6.16. The molecule has 1 aromatic carbocycles. The molecular formula is C16H26N4. The Bertz CT molecular complexity index is 450. The third-order valence-electron chi connectivity index (χ3n) is 3.81. The largest absolute Gasteiger partial charge is 0.384 e. The minimum atomic E-state index is 0.540. The highest BCUT2D eigenvalue weighted by molar-refractivity contribution is 6.01. The van der Waals surface area contributed by atoms with Crippen LogP contribution in [-0.2, 0) is 6.54 Å². The fraction of sp³-hybridized carbons (Fsp3) is 0.562. The number of rotatable bonds is 5. The molecule has 0 bridgehead atoms. The van der Waals surface area contributed by atoms with Gasteiger partial charge in [-0.2, -0.15) is 0 Å². The molecule has 1 aliphatic heterocycles. The molecule has 0 atom stereocenters. The van der Waals surface area contributed by atoms with E-state index in [0.29, 0.717) is 12.4 Å². The van der Waals surface area contributed by atoms with Crippen LogP contribution in [0.3, 0.4) is 0 Å². The first-order chi connectivity index (χ1) is 9.76. The minimum absolute atomic E-state index is 0.540. The van der Waals surface area contributed by atoms with Crippen LogP contribution in [0.15, 0.2) is 18.2 Å². The van der Waals surface area contributed by atoms with Crippen LogP contribution >= 0.6 is 0 Å². The average Bonchev–Trinajstić information content (AvgIpc) is 2.52. The first kappa shape index (κ1) is 14.9. The third-order valence-corrected chi connectivity index (χ3v) is 3.81. The zero-order valence-electron chi connectivity index (χ0n) is 12.4. The lowest BCUT2D eigenvalue weighted by Gasteiger charge is -2.30. The molecule has 2 rings (SSSR count). The highest BCUT2D eigenvalue weighted by Crippen LogP contribution is 2.21. The lowest BCUT2D eigenvalue weighted by Crippen LogP contribution is -2.36. The van der Waals surface area contributed by atoms with E-state index >= 15 is 0 Å². The summed E-state index contributed by atoms with van der Waals surface area (Å²) >= 11 is 0. The van der Waals surface area contributed by atoms with E-state index in [2.05, 4.69) is 23.2 Å². The Labute approximate surface area is 121 Å². The molecule has 0 spiro atoms. The van der Waals surface area contributed by atoms with Gasteiger partial charge in [0, 0.05) is 37.4 Å². The maximum Gasteiger partial charge on any atom is 0.130 e. The molecule has 0 saturated carbocycles. The Morgan fingerprint density at radius 1 is 1.30 bits per heavy atom. The molecule has 110 valence electrons. The molecule has 0 unspecified atom stereocenters. The average molecular weight is 274 g/mol. The Kier molecular flexibility index (Phi) is 5.41. The molecule has 4 heteroatoms. The van der Waals surface area contributed by atoms with Gasteiger partial charge in [-0.3, -0.25) is 5.41 Å². The first-order valence-electron chi connectivity index (χ1n) is 7.67. The van der Waals surface area contributed by atoms with Gasteiger partial charge in [-0.1, -0.05) is 13.0 Å². The standard InChI is InChI=1S/C16H26N4/c1-2-8-19-15-11-13(12-17)6-7-14(15)16(18)20-9-4-3-5-10-20/h6-7,11,18-19H,2-5,8-10,12,17H2,1H3. The van der Waals surface area contributed by atoms with Crippen LogP contribution in [0.5, 0.6) is 0 Å². The number of nitrogens with one attached hydrogen (secondary N) is 2. The van der Waals surface area contributed by atoms with Crippen LogP contribution in [0, 0.1) is 5.41 Å². The van der Waals surface area contributed by atoms with Crippen molar-refractivity contribution in [1.29, 1.82) is 5.41 Å². The Morgan fingerprint density at radius 3 is 2.70 bits per heavy atom. The van der Waals surface area contributed by atoms with Gasteiger partial charge in [0.2, 0.25) is 0 Å². The molecule has 4 nitrogen and oxygen atoms in total. The van der Waals surface area contributed by atoms with Crippen molar-refractivity contribution in [2.45, 2.75) is 39.2 Å². The zero-order valence-corrected chi connectivity index (χ0v) is 12.4. The van der Waals surface area contributed by atoms with Crippen molar-refractivity contribution in [2.24, 2.45) is 5.73 Å². The van der Waals surface area contributed by atoms with Gasteiger partial charge in [0.05, 0.1) is 0 Å². The zero-order chi connectivity index (χ0) is 14.4. The van der Waals surface area contributed by atoms with Gasteiger partial charge in [0.25, 0.3) is 0 Å². The van der Waals surface area contributed by atoms with E-state index in [9.17, 15) is 0 Å². The second-order valence-electron chi connectivity index (χ2n) is 5.41. The lowest BCUT2D eigenvalue weighted by atomic mass is 10.0. The van der Waals surface area contributed by atoms with Crippen LogP contribution in [-0.4, -0.2) is 30.4 Å². The number of amidine groups is 1. The summed E-state index contributed by atoms with van der Waals surface area (Å²) < 4.78 is 0. The number of hydrogen-bond acceptors (Lipinski definition) is 3. The summed E-state index contributed by atoms with van der Waals surface area (Å²) in [5, 5.41) is 11.9. The van der Waals surface area contributed by atoms with Gasteiger partial charge < -0.3 is 16.0 Å². The number of likely N-dealkylation sites (tertiary alicyclic amines) is 1. The van der Waals surface area contributed by atoms with E-state index in [-0.39, 0.29) is 0 Å². The number of benzene rings is 1. The molecule has 4 N–H and O–H groups in total. The van der Waals surface area contributed by atoms with Crippen molar-refractivity contribution in [3.05, 3.63) is 29.3 Å². The number of anilines is 1. The Hall–Kier alpha value is -1.55. The third kappa shape index (κ3) is 3.51. The first-order valence-corrected chi connectivity index (χ1v) is 7.67. The SMILES string of the molecule is CCCNc1cc(CN)ccc1C(=N)N1CCCCC1. The molecule has 1 fully saturated rings. The molecule has 1 aliphatic rings. The summed E-state index contributed by atoms with van der Waals surface area (Å²) in [6.45, 7) is 5.62. The van der Waals surface area contributed by atoms with E-state index in [1.54, 1.807) is 0 Å². The van der Waals surface area contributed by atoms with E-state index in [1.165, 1.54) is 19.3 Å². The Morgan fingerprint density at radius 2 is 2.05 bits per heavy atom. The highest BCUT2D eigenvalue weighted by Gasteiger charge is 2.17. The van der Waals surface area contributed by atoms with Crippen LogP contribution in [0.1, 0.15) is 43.7 Å². The molecule has 1 heterocycles. The monoisotopic (exact) mass is 274 g/mol. The molecule has 1 saturated heterocycles. The lowest BCUT2D eigenvalue weighted by molar-refractivity contribution is 0.341. The van der Waals surface area contributed by atoms with Crippen molar-refractivity contribution >= 4 is 11.5 Å². The summed E-state index contributed by atoms with van der Waals surface area (Å²) in [4.78, 5) is 2.19. The van der Waals surface area contributed by atoms with Crippen LogP contribution in [0.4, 0.5) is 5.69 Å². The van der Waals surface area contributed by atoms with Gasteiger partial charge >= 0.3 is 0 Å². The molecule has 0 aliphatic carbocycles. The van der Waals surface area contributed by atoms with Crippen molar-refractivity contribution in [3.63, 3.8) is 0 Å². The summed E-state index contributed by atoms with van der Waals surface area (Å²) in [7, 11) is 0. The predicted octanol–water partition coefficient (Wildman–Crippen LogP) is 2.78. The van der Waals surface area contributed by atoms with Crippen molar-refractivity contribution in [2.75, 3.05) is 25.0 Å². The minimum Gasteiger partial charge on any atom is -0.384 e. The molecule has 0 amide bonds. The topological polar surface area (TPSA) is 65.1 Å². The fourth-order valence-electron chi connectivity index (χ4n) is 2.62. The molecule has 0 radical (unpaired) electrons. The smallest absolute Gasteiger partial charge is 0.130 e. The van der Waals surface area contributed by atoms with Gasteiger partial charge in [0.15, 0.2) is 0 Å². The van der Waals surface area contributed by atoms with Gasteiger partial charge in [-0.15, -0.1) is 0 Å².